The van der Waals surface area contributed by atoms with E-state index in [2.05, 4.69) is 10.00 Å². The molecule has 1 heterocycles. The van der Waals surface area contributed by atoms with Crippen molar-refractivity contribution in [3.63, 3.8) is 0 Å². The third-order valence-corrected chi connectivity index (χ3v) is 6.20. The molecule has 3 aromatic rings. The molecule has 9 nitrogen and oxygen atoms in total. The van der Waals surface area contributed by atoms with Crippen LogP contribution in [0.2, 0.25) is 0 Å². The first-order chi connectivity index (χ1) is 17.6. The molecule has 3 rings (SSSR count). The zero-order valence-electron chi connectivity index (χ0n) is 22.7. The lowest BCUT2D eigenvalue weighted by atomic mass is 9.97. The van der Waals surface area contributed by atoms with Crippen molar-refractivity contribution in [1.82, 2.24) is 25.3 Å². The maximum absolute atomic E-state index is 13.2. The monoisotopic (exact) mass is 506 g/mol. The zero-order chi connectivity index (χ0) is 27.3. The number of ether oxygens (including phenoxy) is 2. The highest BCUT2D eigenvalue weighted by molar-refractivity contribution is 5.95. The second kappa shape index (κ2) is 11.9. The van der Waals surface area contributed by atoms with E-state index in [1.807, 2.05) is 53.2 Å². The van der Waals surface area contributed by atoms with Crippen molar-refractivity contribution in [3.8, 4) is 28.4 Å². The molecule has 1 N–H and O–H groups in total. The molecule has 0 bridgehead atoms. The second-order valence-corrected chi connectivity index (χ2v) is 9.51. The standard InChI is InChI=1S/C28H36N5O4/c1-18(2)20-16-19(28(35)32(5)15-9-14-31(3)4)12-13-22(20)33-23(17-21(30-33)27(29)34)26-24(36-6)10-8-11-25(26)37-7/h8,10-13,16-18,29H,9,14-15H2,1-7H3. The summed E-state index contributed by atoms with van der Waals surface area (Å²) in [6.45, 7) is 5.63. The van der Waals surface area contributed by atoms with Gasteiger partial charge in [-0.3, -0.25) is 15.3 Å². The van der Waals surface area contributed by atoms with Crippen LogP contribution in [0, 0.1) is 0 Å². The van der Waals surface area contributed by atoms with Gasteiger partial charge in [-0.15, -0.1) is 0 Å². The number of hydrogen-bond donors (Lipinski definition) is 0. The second-order valence-electron chi connectivity index (χ2n) is 9.51. The van der Waals surface area contributed by atoms with Crippen molar-refractivity contribution >= 4 is 11.8 Å². The van der Waals surface area contributed by atoms with E-state index in [0.717, 1.165) is 18.5 Å². The van der Waals surface area contributed by atoms with Crippen molar-refractivity contribution < 1.29 is 19.1 Å². The van der Waals surface area contributed by atoms with E-state index in [1.165, 1.54) is 0 Å². The van der Waals surface area contributed by atoms with Crippen LogP contribution in [0.4, 0.5) is 0 Å². The van der Waals surface area contributed by atoms with E-state index in [1.54, 1.807) is 48.1 Å². The molecule has 0 saturated carbocycles. The fourth-order valence-corrected chi connectivity index (χ4v) is 4.25. The van der Waals surface area contributed by atoms with Crippen LogP contribution in [0.1, 0.15) is 52.6 Å². The first kappa shape index (κ1) is 27.7. The van der Waals surface area contributed by atoms with E-state index in [-0.39, 0.29) is 17.5 Å². The lowest BCUT2D eigenvalue weighted by Crippen LogP contribution is -2.30. The highest BCUT2D eigenvalue weighted by Crippen LogP contribution is 2.40. The Labute approximate surface area is 218 Å². The van der Waals surface area contributed by atoms with Crippen molar-refractivity contribution in [3.05, 3.63) is 59.3 Å². The fourth-order valence-electron chi connectivity index (χ4n) is 4.25. The Kier molecular flexibility index (Phi) is 8.94. The number of carbonyl (C=O) groups excluding carboxylic acids is 2. The number of nitrogens with zero attached hydrogens (tertiary/aromatic N) is 4. The minimum absolute atomic E-state index is 0.00144. The molecule has 0 saturated heterocycles. The molecule has 0 unspecified atom stereocenters. The number of rotatable bonds is 11. The highest BCUT2D eigenvalue weighted by atomic mass is 16.5. The Morgan fingerprint density at radius 1 is 1.00 bits per heavy atom. The van der Waals surface area contributed by atoms with Gasteiger partial charge in [-0.1, -0.05) is 19.9 Å². The number of amides is 2. The molecule has 0 aliphatic rings. The van der Waals surface area contributed by atoms with Gasteiger partial charge in [0, 0.05) is 19.2 Å². The number of nitrogens with one attached hydrogen (secondary N) is 1. The quantitative estimate of drug-likeness (QED) is 0.388. The summed E-state index contributed by atoms with van der Waals surface area (Å²) in [6.07, 6.45) is 0.881. The predicted molar refractivity (Wildman–Crippen MR) is 144 cm³/mol. The SMILES string of the molecule is COc1cccc(OC)c1-c1cc(C([NH])=O)nn1-c1ccc(C(=O)N(C)CCCN(C)C)cc1C(C)C. The van der Waals surface area contributed by atoms with Crippen LogP contribution in [-0.4, -0.2) is 79.8 Å². The molecule has 0 fully saturated rings. The zero-order valence-corrected chi connectivity index (χ0v) is 22.7. The van der Waals surface area contributed by atoms with Gasteiger partial charge >= 0.3 is 0 Å². The van der Waals surface area contributed by atoms with E-state index in [9.17, 15) is 9.59 Å². The molecule has 0 spiro atoms. The summed E-state index contributed by atoms with van der Waals surface area (Å²) >= 11 is 0. The van der Waals surface area contributed by atoms with Gasteiger partial charge in [0.1, 0.15) is 11.5 Å². The molecular formula is C28H36N5O4. The summed E-state index contributed by atoms with van der Waals surface area (Å²) in [6, 6.07) is 12.5. The fraction of sp³-hybridized carbons (Fsp3) is 0.393. The molecule has 197 valence electrons. The van der Waals surface area contributed by atoms with Gasteiger partial charge in [0.2, 0.25) is 0 Å². The average molecular weight is 507 g/mol. The van der Waals surface area contributed by atoms with Crippen molar-refractivity contribution in [2.75, 3.05) is 48.5 Å². The van der Waals surface area contributed by atoms with Crippen molar-refractivity contribution in [2.45, 2.75) is 26.2 Å². The number of hydrogen-bond acceptors (Lipinski definition) is 6. The topological polar surface area (TPSA) is 101 Å². The highest BCUT2D eigenvalue weighted by Gasteiger charge is 2.24. The Hall–Kier alpha value is -3.85. The smallest absolute Gasteiger partial charge is 0.290 e. The first-order valence-electron chi connectivity index (χ1n) is 12.2. The van der Waals surface area contributed by atoms with Gasteiger partial charge in [-0.25, -0.2) is 4.68 Å². The largest absolute Gasteiger partial charge is 0.496 e. The third-order valence-electron chi connectivity index (χ3n) is 6.20. The van der Waals surface area contributed by atoms with Crippen LogP contribution in [0.3, 0.4) is 0 Å². The van der Waals surface area contributed by atoms with E-state index in [4.69, 9.17) is 15.2 Å². The number of benzene rings is 2. The van der Waals surface area contributed by atoms with E-state index >= 15 is 0 Å². The summed E-state index contributed by atoms with van der Waals surface area (Å²) < 4.78 is 12.8. The minimum atomic E-state index is -0.897. The van der Waals surface area contributed by atoms with Crippen molar-refractivity contribution in [1.29, 1.82) is 0 Å². The summed E-state index contributed by atoms with van der Waals surface area (Å²) in [4.78, 5) is 29.0. The molecular weight excluding hydrogens is 470 g/mol. The van der Waals surface area contributed by atoms with Gasteiger partial charge in [0.05, 0.1) is 31.2 Å². The third kappa shape index (κ3) is 6.11. The molecule has 0 aliphatic carbocycles. The Morgan fingerprint density at radius 2 is 1.65 bits per heavy atom. The van der Waals surface area contributed by atoms with Crippen molar-refractivity contribution in [2.24, 2.45) is 0 Å². The summed E-state index contributed by atoms with van der Waals surface area (Å²) in [5, 5.41) is 4.49. The lowest BCUT2D eigenvalue weighted by molar-refractivity contribution is 0.0790. The van der Waals surface area contributed by atoms with Gasteiger partial charge in [-0.2, -0.15) is 5.10 Å². The van der Waals surface area contributed by atoms with Gasteiger partial charge in [-0.05, 0) is 74.9 Å². The molecule has 2 aromatic carbocycles. The predicted octanol–water partition coefficient (Wildman–Crippen LogP) is 4.13. The van der Waals surface area contributed by atoms with Crippen LogP contribution in [-0.2, 0) is 0 Å². The molecule has 1 aromatic heterocycles. The Bertz CT molecular complexity index is 1240. The number of methoxy groups -OCH3 is 2. The number of carbonyl (C=O) groups is 2. The number of aromatic nitrogens is 2. The maximum atomic E-state index is 13.2. The Morgan fingerprint density at radius 3 is 2.19 bits per heavy atom. The molecule has 2 amide bonds. The van der Waals surface area contributed by atoms with Crippen LogP contribution in [0.5, 0.6) is 11.5 Å². The normalized spacial score (nSPS) is 11.2. The van der Waals surface area contributed by atoms with Crippen LogP contribution in [0.15, 0.2) is 42.5 Å². The first-order valence-corrected chi connectivity index (χ1v) is 12.2. The molecule has 0 aliphatic heterocycles. The molecule has 9 heteroatoms. The maximum Gasteiger partial charge on any atom is 0.290 e. The molecule has 37 heavy (non-hydrogen) atoms. The molecule has 1 radical (unpaired) electrons. The van der Waals surface area contributed by atoms with E-state index in [0.29, 0.717) is 40.6 Å². The van der Waals surface area contributed by atoms with E-state index < -0.39 is 5.91 Å². The summed E-state index contributed by atoms with van der Waals surface area (Å²) in [5.41, 5.74) is 11.0. The van der Waals surface area contributed by atoms with Crippen LogP contribution >= 0.6 is 0 Å². The van der Waals surface area contributed by atoms with Crippen LogP contribution in [0.25, 0.3) is 16.9 Å². The average Bonchev–Trinajstić information content (AvgIpc) is 3.32. The van der Waals surface area contributed by atoms with Crippen LogP contribution < -0.4 is 15.2 Å². The Balaban J connectivity index is 2.13. The van der Waals surface area contributed by atoms with Gasteiger partial charge < -0.3 is 19.3 Å². The molecule has 0 atom stereocenters. The van der Waals surface area contributed by atoms with Gasteiger partial charge in [0.15, 0.2) is 5.69 Å². The summed E-state index contributed by atoms with van der Waals surface area (Å²) in [7, 11) is 8.96. The van der Waals surface area contributed by atoms with Gasteiger partial charge in [0.25, 0.3) is 11.8 Å². The minimum Gasteiger partial charge on any atom is -0.496 e. The lowest BCUT2D eigenvalue weighted by Gasteiger charge is -2.21. The summed E-state index contributed by atoms with van der Waals surface area (Å²) in [5.74, 6) is 0.185.